The number of hydrogen-bond donors (Lipinski definition) is 0. The maximum atomic E-state index is 6.13. The molecule has 0 unspecified atom stereocenters. The Labute approximate surface area is 325 Å². The average molecular weight is 714 g/mol. The standard InChI is InChI=1S/C54H35NO/c1-2-12-39-33-42(22-21-36(39)11-1)46-15-7-9-19-52(46)55(43-28-23-37(24-29-43)40-27-32-54-51(34-40)49-18-8-10-20-53(49)56-54)44-30-25-38(26-31-44)50-35-41-13-3-4-14-45(41)47-16-5-6-17-48(47)50/h1-35H. The van der Waals surface area contributed by atoms with Gasteiger partial charge in [-0.1, -0.05) is 152 Å². The van der Waals surface area contributed by atoms with Crippen molar-refractivity contribution in [2.45, 2.75) is 0 Å². The Bertz CT molecular complexity index is 3250. The first-order chi connectivity index (χ1) is 27.7. The van der Waals surface area contributed by atoms with Gasteiger partial charge in [0, 0.05) is 27.7 Å². The fourth-order valence-electron chi connectivity index (χ4n) is 8.49. The molecule has 0 fully saturated rings. The van der Waals surface area contributed by atoms with Crippen molar-refractivity contribution >= 4 is 71.3 Å². The highest BCUT2D eigenvalue weighted by Crippen LogP contribution is 2.43. The van der Waals surface area contributed by atoms with E-state index in [-0.39, 0.29) is 0 Å². The normalized spacial score (nSPS) is 11.6. The molecule has 10 aromatic carbocycles. The second-order valence-corrected chi connectivity index (χ2v) is 14.5. The van der Waals surface area contributed by atoms with Crippen molar-refractivity contribution < 1.29 is 4.42 Å². The van der Waals surface area contributed by atoms with E-state index in [1.807, 2.05) is 12.1 Å². The molecule has 2 nitrogen and oxygen atoms in total. The predicted octanol–water partition coefficient (Wildman–Crippen LogP) is 15.5. The third kappa shape index (κ3) is 5.42. The molecule has 0 N–H and O–H groups in total. The summed E-state index contributed by atoms with van der Waals surface area (Å²) in [5.74, 6) is 0. The van der Waals surface area contributed by atoms with Gasteiger partial charge < -0.3 is 9.32 Å². The van der Waals surface area contributed by atoms with Crippen LogP contribution in [0.25, 0.3) is 87.6 Å². The van der Waals surface area contributed by atoms with Crippen LogP contribution in [0.1, 0.15) is 0 Å². The van der Waals surface area contributed by atoms with Gasteiger partial charge in [0.15, 0.2) is 0 Å². The molecule has 56 heavy (non-hydrogen) atoms. The van der Waals surface area contributed by atoms with Crippen molar-refractivity contribution in [1.82, 2.24) is 0 Å². The van der Waals surface area contributed by atoms with Crippen LogP contribution in [-0.2, 0) is 0 Å². The van der Waals surface area contributed by atoms with Crippen molar-refractivity contribution in [3.63, 3.8) is 0 Å². The predicted molar refractivity (Wildman–Crippen MR) is 237 cm³/mol. The molecule has 2 heteroatoms. The third-order valence-electron chi connectivity index (χ3n) is 11.2. The topological polar surface area (TPSA) is 16.4 Å². The maximum absolute atomic E-state index is 6.13. The lowest BCUT2D eigenvalue weighted by Gasteiger charge is -2.28. The van der Waals surface area contributed by atoms with Gasteiger partial charge in [0.2, 0.25) is 0 Å². The van der Waals surface area contributed by atoms with Crippen LogP contribution in [0, 0.1) is 0 Å². The summed E-state index contributed by atoms with van der Waals surface area (Å²) in [7, 11) is 0. The van der Waals surface area contributed by atoms with E-state index in [2.05, 4.69) is 205 Å². The summed E-state index contributed by atoms with van der Waals surface area (Å²) in [6.45, 7) is 0. The number of fused-ring (bicyclic) bond motifs is 7. The highest BCUT2D eigenvalue weighted by Gasteiger charge is 2.19. The van der Waals surface area contributed by atoms with E-state index in [0.29, 0.717) is 0 Å². The molecule has 0 spiro atoms. The van der Waals surface area contributed by atoms with Gasteiger partial charge in [-0.05, 0) is 121 Å². The molecular formula is C54H35NO. The molecule has 1 heterocycles. The van der Waals surface area contributed by atoms with Gasteiger partial charge in [-0.2, -0.15) is 0 Å². The molecular weight excluding hydrogens is 679 g/mol. The second kappa shape index (κ2) is 13.2. The van der Waals surface area contributed by atoms with Crippen LogP contribution in [-0.4, -0.2) is 0 Å². The number of nitrogens with zero attached hydrogens (tertiary/aromatic N) is 1. The lowest BCUT2D eigenvalue weighted by atomic mass is 9.93. The summed E-state index contributed by atoms with van der Waals surface area (Å²) in [6.07, 6.45) is 0. The highest BCUT2D eigenvalue weighted by atomic mass is 16.3. The minimum absolute atomic E-state index is 0.906. The molecule has 262 valence electrons. The van der Waals surface area contributed by atoms with Gasteiger partial charge in [0.05, 0.1) is 5.69 Å². The minimum atomic E-state index is 0.906. The van der Waals surface area contributed by atoms with E-state index in [0.717, 1.165) is 50.1 Å². The lowest BCUT2D eigenvalue weighted by Crippen LogP contribution is -2.11. The summed E-state index contributed by atoms with van der Waals surface area (Å²) in [4.78, 5) is 2.39. The highest BCUT2D eigenvalue weighted by molar-refractivity contribution is 6.14. The summed E-state index contributed by atoms with van der Waals surface area (Å²) in [6, 6.07) is 76.7. The van der Waals surface area contributed by atoms with Crippen molar-refractivity contribution in [2.24, 2.45) is 0 Å². The molecule has 11 rings (SSSR count). The summed E-state index contributed by atoms with van der Waals surface area (Å²) >= 11 is 0. The summed E-state index contributed by atoms with van der Waals surface area (Å²) in [5, 5.41) is 9.79. The van der Waals surface area contributed by atoms with Crippen LogP contribution >= 0.6 is 0 Å². The van der Waals surface area contributed by atoms with E-state index < -0.39 is 0 Å². The van der Waals surface area contributed by atoms with Gasteiger partial charge in [-0.15, -0.1) is 0 Å². The first-order valence-electron chi connectivity index (χ1n) is 19.2. The Kier molecular flexibility index (Phi) is 7.53. The van der Waals surface area contributed by atoms with Gasteiger partial charge in [-0.25, -0.2) is 0 Å². The van der Waals surface area contributed by atoms with Gasteiger partial charge in [0.1, 0.15) is 11.2 Å². The summed E-state index contributed by atoms with van der Waals surface area (Å²) in [5.41, 5.74) is 12.2. The number of para-hydroxylation sites is 2. The van der Waals surface area contributed by atoms with Crippen LogP contribution in [0.2, 0.25) is 0 Å². The molecule has 0 aliphatic rings. The zero-order chi connectivity index (χ0) is 37.0. The Morgan fingerprint density at radius 1 is 0.286 bits per heavy atom. The van der Waals surface area contributed by atoms with Crippen molar-refractivity contribution in [3.8, 4) is 33.4 Å². The largest absolute Gasteiger partial charge is 0.456 e. The zero-order valence-electron chi connectivity index (χ0n) is 30.6. The monoisotopic (exact) mass is 713 g/mol. The Hall–Kier alpha value is -7.42. The van der Waals surface area contributed by atoms with Crippen LogP contribution in [0.4, 0.5) is 17.1 Å². The van der Waals surface area contributed by atoms with Crippen LogP contribution in [0.3, 0.4) is 0 Å². The maximum Gasteiger partial charge on any atom is 0.135 e. The Morgan fingerprint density at radius 2 is 0.857 bits per heavy atom. The average Bonchev–Trinajstić information content (AvgIpc) is 3.65. The van der Waals surface area contributed by atoms with Gasteiger partial charge in [-0.3, -0.25) is 0 Å². The molecule has 0 amide bonds. The van der Waals surface area contributed by atoms with Crippen molar-refractivity contribution in [1.29, 1.82) is 0 Å². The van der Waals surface area contributed by atoms with E-state index in [1.54, 1.807) is 0 Å². The molecule has 0 atom stereocenters. The zero-order valence-corrected chi connectivity index (χ0v) is 30.6. The van der Waals surface area contributed by atoms with E-state index in [1.165, 1.54) is 54.6 Å². The first kappa shape index (κ1) is 32.0. The number of rotatable bonds is 6. The molecule has 0 aliphatic carbocycles. The number of furan rings is 1. The molecule has 0 saturated carbocycles. The molecule has 0 radical (unpaired) electrons. The van der Waals surface area contributed by atoms with Gasteiger partial charge >= 0.3 is 0 Å². The molecule has 1 aromatic heterocycles. The number of hydrogen-bond acceptors (Lipinski definition) is 2. The Balaban J connectivity index is 1.04. The molecule has 11 aromatic rings. The smallest absolute Gasteiger partial charge is 0.135 e. The first-order valence-corrected chi connectivity index (χ1v) is 19.2. The Morgan fingerprint density at radius 3 is 1.66 bits per heavy atom. The SMILES string of the molecule is c1ccc(N(c2ccc(-c3ccc4oc5ccccc5c4c3)cc2)c2ccc(-c3cc4ccccc4c4ccccc34)cc2)c(-c2ccc3ccccc3c2)c1. The molecule has 0 aliphatic heterocycles. The van der Waals surface area contributed by atoms with E-state index in [9.17, 15) is 0 Å². The van der Waals surface area contributed by atoms with Crippen LogP contribution < -0.4 is 4.90 Å². The minimum Gasteiger partial charge on any atom is -0.456 e. The fraction of sp³-hybridized carbons (Fsp3) is 0. The second-order valence-electron chi connectivity index (χ2n) is 14.5. The van der Waals surface area contributed by atoms with E-state index in [4.69, 9.17) is 4.42 Å². The quantitative estimate of drug-likeness (QED) is 0.160. The summed E-state index contributed by atoms with van der Waals surface area (Å²) < 4.78 is 6.13. The van der Waals surface area contributed by atoms with Crippen LogP contribution in [0.15, 0.2) is 217 Å². The van der Waals surface area contributed by atoms with Crippen molar-refractivity contribution in [2.75, 3.05) is 4.90 Å². The van der Waals surface area contributed by atoms with Crippen molar-refractivity contribution in [3.05, 3.63) is 212 Å². The van der Waals surface area contributed by atoms with E-state index >= 15 is 0 Å². The fourth-order valence-corrected chi connectivity index (χ4v) is 8.49. The van der Waals surface area contributed by atoms with Gasteiger partial charge in [0.25, 0.3) is 0 Å². The number of benzene rings is 10. The molecule has 0 saturated heterocycles. The van der Waals surface area contributed by atoms with Crippen LogP contribution in [0.5, 0.6) is 0 Å². The third-order valence-corrected chi connectivity index (χ3v) is 11.2. The molecule has 0 bridgehead atoms. The number of anilines is 3. The lowest BCUT2D eigenvalue weighted by molar-refractivity contribution is 0.669.